The lowest BCUT2D eigenvalue weighted by molar-refractivity contribution is -0.0502. The van der Waals surface area contributed by atoms with Crippen molar-refractivity contribution >= 4 is 29.9 Å². The lowest BCUT2D eigenvalue weighted by Gasteiger charge is -2.36. The molecule has 3 aliphatic heterocycles. The van der Waals surface area contributed by atoms with Gasteiger partial charge in [-0.2, -0.15) is 0 Å². The molecule has 3 atom stereocenters. The SMILES string of the molecule is CCNC(=NCC1CCCN(C(C)C)C1)N1CC2OCCN(Cc3ccccc3)C2C1.I. The molecule has 180 valence electrons. The molecule has 0 radical (unpaired) electrons. The second kappa shape index (κ2) is 12.5. The first-order chi connectivity index (χ1) is 15.1. The Morgan fingerprint density at radius 2 is 1.97 bits per heavy atom. The van der Waals surface area contributed by atoms with Crippen LogP contribution in [0, 0.1) is 5.92 Å². The molecule has 7 heteroatoms. The van der Waals surface area contributed by atoms with Crippen molar-refractivity contribution in [2.24, 2.45) is 10.9 Å². The highest BCUT2D eigenvalue weighted by Crippen LogP contribution is 2.25. The summed E-state index contributed by atoms with van der Waals surface area (Å²) in [5, 5.41) is 3.56. The Kier molecular flexibility index (Phi) is 10.1. The molecule has 0 aliphatic carbocycles. The van der Waals surface area contributed by atoms with Crippen molar-refractivity contribution in [3.05, 3.63) is 35.9 Å². The van der Waals surface area contributed by atoms with E-state index in [0.29, 0.717) is 18.0 Å². The van der Waals surface area contributed by atoms with E-state index in [1.54, 1.807) is 0 Å². The van der Waals surface area contributed by atoms with Gasteiger partial charge in [-0.25, -0.2) is 0 Å². The zero-order valence-electron chi connectivity index (χ0n) is 20.1. The Morgan fingerprint density at radius 3 is 2.72 bits per heavy atom. The van der Waals surface area contributed by atoms with E-state index >= 15 is 0 Å². The third-order valence-electron chi connectivity index (χ3n) is 7.06. The molecule has 4 rings (SSSR count). The van der Waals surface area contributed by atoms with Gasteiger partial charge in [-0.1, -0.05) is 30.3 Å². The minimum absolute atomic E-state index is 0. The molecule has 32 heavy (non-hydrogen) atoms. The van der Waals surface area contributed by atoms with Gasteiger partial charge in [-0.05, 0) is 51.6 Å². The van der Waals surface area contributed by atoms with Crippen molar-refractivity contribution in [1.82, 2.24) is 20.0 Å². The summed E-state index contributed by atoms with van der Waals surface area (Å²) in [6, 6.07) is 11.9. The first-order valence-electron chi connectivity index (χ1n) is 12.3. The highest BCUT2D eigenvalue weighted by molar-refractivity contribution is 14.0. The van der Waals surface area contributed by atoms with E-state index in [1.807, 2.05) is 0 Å². The average Bonchev–Trinajstić information content (AvgIpc) is 3.23. The Bertz CT molecular complexity index is 716. The number of nitrogens with one attached hydrogen (secondary N) is 1. The number of rotatable bonds is 6. The highest BCUT2D eigenvalue weighted by Gasteiger charge is 2.41. The van der Waals surface area contributed by atoms with Crippen LogP contribution in [0.5, 0.6) is 0 Å². The zero-order chi connectivity index (χ0) is 21.6. The summed E-state index contributed by atoms with van der Waals surface area (Å²) in [6.45, 7) is 15.8. The lowest BCUT2D eigenvalue weighted by Crippen LogP contribution is -2.50. The van der Waals surface area contributed by atoms with Gasteiger partial charge in [0, 0.05) is 51.9 Å². The van der Waals surface area contributed by atoms with E-state index < -0.39 is 0 Å². The van der Waals surface area contributed by atoms with E-state index in [4.69, 9.17) is 9.73 Å². The van der Waals surface area contributed by atoms with E-state index in [1.165, 1.54) is 31.5 Å². The molecular weight excluding hydrogens is 513 g/mol. The second-order valence-corrected chi connectivity index (χ2v) is 9.63. The van der Waals surface area contributed by atoms with Gasteiger partial charge in [-0.15, -0.1) is 24.0 Å². The summed E-state index contributed by atoms with van der Waals surface area (Å²) >= 11 is 0. The summed E-state index contributed by atoms with van der Waals surface area (Å²) in [4.78, 5) is 12.8. The van der Waals surface area contributed by atoms with Crippen molar-refractivity contribution in [3.8, 4) is 0 Å². The van der Waals surface area contributed by atoms with Crippen LogP contribution in [-0.4, -0.2) is 91.3 Å². The highest BCUT2D eigenvalue weighted by atomic mass is 127. The number of halogens is 1. The maximum absolute atomic E-state index is 6.19. The number of piperidine rings is 1. The fourth-order valence-electron chi connectivity index (χ4n) is 5.30. The predicted molar refractivity (Wildman–Crippen MR) is 143 cm³/mol. The maximum atomic E-state index is 6.19. The molecule has 0 saturated carbocycles. The number of aliphatic imine (C=N–C) groups is 1. The fourth-order valence-corrected chi connectivity index (χ4v) is 5.30. The molecule has 1 aromatic rings. The van der Waals surface area contributed by atoms with Crippen molar-refractivity contribution < 1.29 is 4.74 Å². The summed E-state index contributed by atoms with van der Waals surface area (Å²) in [5.74, 6) is 1.74. The van der Waals surface area contributed by atoms with Crippen LogP contribution < -0.4 is 5.32 Å². The number of fused-ring (bicyclic) bond motifs is 1. The van der Waals surface area contributed by atoms with E-state index in [2.05, 4.69) is 71.1 Å². The first kappa shape index (κ1) is 25.7. The number of morpholine rings is 1. The minimum atomic E-state index is 0. The average molecular weight is 556 g/mol. The Labute approximate surface area is 211 Å². The number of benzene rings is 1. The van der Waals surface area contributed by atoms with Crippen molar-refractivity contribution in [2.45, 2.75) is 58.3 Å². The fraction of sp³-hybridized carbons (Fsp3) is 0.720. The quantitative estimate of drug-likeness (QED) is 0.332. The Balaban J connectivity index is 0.00000289. The van der Waals surface area contributed by atoms with E-state index in [-0.39, 0.29) is 30.1 Å². The van der Waals surface area contributed by atoms with Crippen LogP contribution in [-0.2, 0) is 11.3 Å². The van der Waals surface area contributed by atoms with Gasteiger partial charge >= 0.3 is 0 Å². The smallest absolute Gasteiger partial charge is 0.194 e. The second-order valence-electron chi connectivity index (χ2n) is 9.63. The number of hydrogen-bond acceptors (Lipinski definition) is 4. The monoisotopic (exact) mass is 555 g/mol. The molecule has 0 bridgehead atoms. The van der Waals surface area contributed by atoms with E-state index in [9.17, 15) is 0 Å². The van der Waals surface area contributed by atoms with Crippen LogP contribution in [0.3, 0.4) is 0 Å². The van der Waals surface area contributed by atoms with Gasteiger partial charge in [0.25, 0.3) is 0 Å². The summed E-state index contributed by atoms with van der Waals surface area (Å²) in [6.07, 6.45) is 2.86. The normalized spacial score (nSPS) is 27.3. The van der Waals surface area contributed by atoms with Crippen LogP contribution in [0.4, 0.5) is 0 Å². The molecule has 3 heterocycles. The summed E-state index contributed by atoms with van der Waals surface area (Å²) < 4.78 is 6.19. The molecular formula is C25H42IN5O. The number of hydrogen-bond donors (Lipinski definition) is 1. The van der Waals surface area contributed by atoms with Gasteiger partial charge in [0.2, 0.25) is 0 Å². The van der Waals surface area contributed by atoms with Crippen molar-refractivity contribution in [2.75, 3.05) is 52.4 Å². The largest absolute Gasteiger partial charge is 0.373 e. The topological polar surface area (TPSA) is 43.3 Å². The molecule has 3 aliphatic rings. The molecule has 1 N–H and O–H groups in total. The van der Waals surface area contributed by atoms with Crippen LogP contribution in [0.2, 0.25) is 0 Å². The van der Waals surface area contributed by atoms with Crippen LogP contribution in [0.1, 0.15) is 39.2 Å². The molecule has 1 aromatic carbocycles. The predicted octanol–water partition coefficient (Wildman–Crippen LogP) is 3.28. The van der Waals surface area contributed by atoms with Crippen LogP contribution in [0.15, 0.2) is 35.3 Å². The van der Waals surface area contributed by atoms with Gasteiger partial charge in [0.1, 0.15) is 0 Å². The van der Waals surface area contributed by atoms with Gasteiger partial charge in [-0.3, -0.25) is 9.89 Å². The molecule has 6 nitrogen and oxygen atoms in total. The maximum Gasteiger partial charge on any atom is 0.194 e. The van der Waals surface area contributed by atoms with Gasteiger partial charge in [0.15, 0.2) is 5.96 Å². The Hall–Kier alpha value is -0.900. The van der Waals surface area contributed by atoms with Crippen molar-refractivity contribution in [3.63, 3.8) is 0 Å². The third-order valence-corrected chi connectivity index (χ3v) is 7.06. The Morgan fingerprint density at radius 1 is 1.16 bits per heavy atom. The molecule has 3 fully saturated rings. The standard InChI is InChI=1S/C25H41N5O.HI/c1-4-26-25(27-15-22-11-8-12-28(17-22)20(2)3)30-18-23-24(19-30)31-14-13-29(23)16-21-9-6-5-7-10-21;/h5-7,9-10,20,22-24H,4,8,11-19H2,1-3H3,(H,26,27);1H. The first-order valence-corrected chi connectivity index (χ1v) is 12.3. The summed E-state index contributed by atoms with van der Waals surface area (Å²) in [5.41, 5.74) is 1.38. The molecule has 3 unspecified atom stereocenters. The molecule has 0 aromatic heterocycles. The number of likely N-dealkylation sites (tertiary alicyclic amines) is 2. The minimum Gasteiger partial charge on any atom is -0.373 e. The molecule has 0 amide bonds. The zero-order valence-corrected chi connectivity index (χ0v) is 22.4. The number of ether oxygens (including phenoxy) is 1. The number of guanidine groups is 1. The lowest BCUT2D eigenvalue weighted by atomic mass is 9.97. The number of nitrogens with zero attached hydrogens (tertiary/aromatic N) is 4. The molecule has 0 spiro atoms. The van der Waals surface area contributed by atoms with E-state index in [0.717, 1.165) is 51.8 Å². The van der Waals surface area contributed by atoms with Crippen LogP contribution in [0.25, 0.3) is 0 Å². The van der Waals surface area contributed by atoms with Crippen molar-refractivity contribution in [1.29, 1.82) is 0 Å². The van der Waals surface area contributed by atoms with Crippen LogP contribution >= 0.6 is 24.0 Å². The third kappa shape index (κ3) is 6.58. The van der Waals surface area contributed by atoms with Gasteiger partial charge in [0.05, 0.1) is 18.8 Å². The molecule has 3 saturated heterocycles. The summed E-state index contributed by atoms with van der Waals surface area (Å²) in [7, 11) is 0. The van der Waals surface area contributed by atoms with Gasteiger partial charge < -0.3 is 19.9 Å².